The number of rotatable bonds is 6. The average molecular weight is 294 g/mol. The molecule has 0 heterocycles. The molecule has 0 saturated heterocycles. The first-order valence-electron chi connectivity index (χ1n) is 6.64. The molecule has 0 fully saturated rings. The Morgan fingerprint density at radius 2 is 1.71 bits per heavy atom. The average Bonchev–Trinajstić information content (AvgIpc) is 2.35. The monoisotopic (exact) mass is 294 g/mol. The first kappa shape index (κ1) is 17.0. The van der Waals surface area contributed by atoms with Crippen LogP contribution in [-0.2, 0) is 9.59 Å². The molecule has 0 amide bonds. The van der Waals surface area contributed by atoms with E-state index in [0.717, 1.165) is 0 Å². The van der Waals surface area contributed by atoms with E-state index in [1.165, 1.54) is 0 Å². The fourth-order valence-corrected chi connectivity index (χ4v) is 2.06. The van der Waals surface area contributed by atoms with Crippen LogP contribution >= 0.6 is 0 Å². The fourth-order valence-electron chi connectivity index (χ4n) is 2.06. The van der Waals surface area contributed by atoms with Crippen LogP contribution in [-0.4, -0.2) is 27.8 Å². The number of para-hydroxylation sites is 1. The van der Waals surface area contributed by atoms with Gasteiger partial charge in [0.25, 0.3) is 0 Å². The van der Waals surface area contributed by atoms with Crippen molar-refractivity contribution < 1.29 is 19.8 Å². The fraction of sp³-hybridized carbons (Fsp3) is 0.467. The van der Waals surface area contributed by atoms with Gasteiger partial charge in [-0.05, 0) is 17.5 Å². The Balaban J connectivity index is 3.05. The number of carbonyl (C=O) groups is 2. The summed E-state index contributed by atoms with van der Waals surface area (Å²) in [5, 5.41) is 21.5. The van der Waals surface area contributed by atoms with Gasteiger partial charge in [0.15, 0.2) is 5.66 Å². The van der Waals surface area contributed by atoms with E-state index < -0.39 is 28.9 Å². The first-order chi connectivity index (χ1) is 9.56. The van der Waals surface area contributed by atoms with E-state index in [4.69, 9.17) is 5.73 Å². The number of benzene rings is 1. The molecule has 0 aromatic heterocycles. The number of carboxylic acid groups (broad SMARTS) is 2. The molecule has 0 aliphatic rings. The second-order valence-electron chi connectivity index (χ2n) is 6.23. The van der Waals surface area contributed by atoms with Crippen molar-refractivity contribution >= 4 is 17.6 Å². The minimum atomic E-state index is -1.85. The van der Waals surface area contributed by atoms with Crippen LogP contribution in [0.4, 0.5) is 5.69 Å². The summed E-state index contributed by atoms with van der Waals surface area (Å²) in [6.07, 6.45) is -0.226. The minimum absolute atomic E-state index is 0.226. The van der Waals surface area contributed by atoms with Crippen molar-refractivity contribution in [1.29, 1.82) is 0 Å². The Morgan fingerprint density at radius 1 is 1.19 bits per heavy atom. The number of nitrogens with two attached hydrogens (primary N) is 1. The Labute approximate surface area is 124 Å². The van der Waals surface area contributed by atoms with Crippen molar-refractivity contribution in [3.8, 4) is 0 Å². The predicted molar refractivity (Wildman–Crippen MR) is 79.8 cm³/mol. The molecule has 1 rings (SSSR count). The zero-order chi connectivity index (χ0) is 16.3. The molecule has 1 unspecified atom stereocenters. The molecule has 0 aliphatic heterocycles. The summed E-state index contributed by atoms with van der Waals surface area (Å²) in [6.45, 7) is 5.24. The largest absolute Gasteiger partial charge is 0.481 e. The third-order valence-electron chi connectivity index (χ3n) is 3.39. The summed E-state index contributed by atoms with van der Waals surface area (Å²) in [5.74, 6) is -3.25. The molecule has 21 heavy (non-hydrogen) atoms. The second-order valence-corrected chi connectivity index (χ2v) is 6.23. The normalized spacial score (nSPS) is 15.8. The van der Waals surface area contributed by atoms with Crippen molar-refractivity contribution in [2.75, 3.05) is 5.32 Å². The predicted octanol–water partition coefficient (Wildman–Crippen LogP) is 1.98. The van der Waals surface area contributed by atoms with Crippen molar-refractivity contribution in [2.24, 2.45) is 17.1 Å². The SMILES string of the molecule is CC(C)(C)C(C[C@@](N)(Nc1ccccc1)C(=O)O)C(=O)O. The van der Waals surface area contributed by atoms with E-state index in [1.807, 2.05) is 0 Å². The van der Waals surface area contributed by atoms with Crippen LogP contribution in [0.2, 0.25) is 0 Å². The van der Waals surface area contributed by atoms with Crippen molar-refractivity contribution in [1.82, 2.24) is 0 Å². The maximum atomic E-state index is 11.5. The van der Waals surface area contributed by atoms with Gasteiger partial charge in [0.1, 0.15) is 0 Å². The Bertz CT molecular complexity index is 510. The maximum Gasteiger partial charge on any atom is 0.344 e. The highest BCUT2D eigenvalue weighted by Crippen LogP contribution is 2.33. The van der Waals surface area contributed by atoms with E-state index in [1.54, 1.807) is 51.1 Å². The molecule has 0 bridgehead atoms. The van der Waals surface area contributed by atoms with Crippen LogP contribution in [0.25, 0.3) is 0 Å². The lowest BCUT2D eigenvalue weighted by Crippen LogP contribution is -2.57. The standard InChI is InChI=1S/C15H22N2O4/c1-14(2,3)11(12(18)19)9-15(16,13(20)21)17-10-7-5-4-6-8-10/h4-8,11,17H,9,16H2,1-3H3,(H,18,19)(H,20,21)/t11?,15-/m1/s1. The highest BCUT2D eigenvalue weighted by atomic mass is 16.4. The molecule has 0 radical (unpaired) electrons. The number of aliphatic carboxylic acids is 2. The topological polar surface area (TPSA) is 113 Å². The molecule has 0 spiro atoms. The lowest BCUT2D eigenvalue weighted by molar-refractivity contribution is -0.149. The molecule has 2 atom stereocenters. The number of carboxylic acids is 2. The van der Waals surface area contributed by atoms with Crippen LogP contribution in [0.5, 0.6) is 0 Å². The van der Waals surface area contributed by atoms with Crippen molar-refractivity contribution in [2.45, 2.75) is 32.9 Å². The number of hydrogen-bond donors (Lipinski definition) is 4. The third kappa shape index (κ3) is 4.46. The summed E-state index contributed by atoms with van der Waals surface area (Å²) < 4.78 is 0. The van der Waals surface area contributed by atoms with Crippen LogP contribution < -0.4 is 11.1 Å². The highest BCUT2D eigenvalue weighted by molar-refractivity contribution is 5.83. The molecule has 1 aromatic carbocycles. The van der Waals surface area contributed by atoms with Crippen LogP contribution in [0.15, 0.2) is 30.3 Å². The zero-order valence-corrected chi connectivity index (χ0v) is 12.5. The Morgan fingerprint density at radius 3 is 2.10 bits per heavy atom. The summed E-state index contributed by atoms with van der Waals surface area (Å²) in [4.78, 5) is 23.0. The zero-order valence-electron chi connectivity index (χ0n) is 12.5. The molecule has 5 N–H and O–H groups in total. The third-order valence-corrected chi connectivity index (χ3v) is 3.39. The first-order valence-corrected chi connectivity index (χ1v) is 6.64. The van der Waals surface area contributed by atoms with E-state index in [2.05, 4.69) is 5.32 Å². The van der Waals surface area contributed by atoms with Gasteiger partial charge in [0.05, 0.1) is 5.92 Å². The molecule has 1 aromatic rings. The summed E-state index contributed by atoms with van der Waals surface area (Å²) in [6, 6.07) is 8.63. The molecule has 116 valence electrons. The second kappa shape index (κ2) is 6.13. The molecular weight excluding hydrogens is 272 g/mol. The minimum Gasteiger partial charge on any atom is -0.481 e. The van der Waals surface area contributed by atoms with Crippen LogP contribution in [0.3, 0.4) is 0 Å². The lowest BCUT2D eigenvalue weighted by Gasteiger charge is -2.35. The molecule has 6 nitrogen and oxygen atoms in total. The van der Waals surface area contributed by atoms with E-state index in [9.17, 15) is 19.8 Å². The molecule has 0 aliphatic carbocycles. The van der Waals surface area contributed by atoms with Gasteiger partial charge < -0.3 is 15.5 Å². The molecular formula is C15H22N2O4. The number of nitrogens with one attached hydrogen (secondary N) is 1. The van der Waals surface area contributed by atoms with E-state index in [0.29, 0.717) is 5.69 Å². The van der Waals surface area contributed by atoms with Gasteiger partial charge in [-0.25, -0.2) is 4.79 Å². The van der Waals surface area contributed by atoms with Crippen LogP contribution in [0, 0.1) is 11.3 Å². The molecule has 0 saturated carbocycles. The van der Waals surface area contributed by atoms with Gasteiger partial charge in [-0.2, -0.15) is 0 Å². The lowest BCUT2D eigenvalue weighted by atomic mass is 9.75. The van der Waals surface area contributed by atoms with Gasteiger partial charge in [-0.1, -0.05) is 39.0 Å². The van der Waals surface area contributed by atoms with E-state index >= 15 is 0 Å². The summed E-state index contributed by atoms with van der Waals surface area (Å²) in [7, 11) is 0. The smallest absolute Gasteiger partial charge is 0.344 e. The summed E-state index contributed by atoms with van der Waals surface area (Å²) >= 11 is 0. The van der Waals surface area contributed by atoms with E-state index in [-0.39, 0.29) is 6.42 Å². The van der Waals surface area contributed by atoms with Crippen LogP contribution in [0.1, 0.15) is 27.2 Å². The van der Waals surface area contributed by atoms with Gasteiger partial charge in [-0.3, -0.25) is 10.5 Å². The van der Waals surface area contributed by atoms with Crippen molar-refractivity contribution in [3.63, 3.8) is 0 Å². The van der Waals surface area contributed by atoms with Crippen molar-refractivity contribution in [3.05, 3.63) is 30.3 Å². The van der Waals surface area contributed by atoms with Gasteiger partial charge in [0, 0.05) is 12.1 Å². The Hall–Kier alpha value is -2.08. The quantitative estimate of drug-likeness (QED) is 0.597. The van der Waals surface area contributed by atoms with Gasteiger partial charge in [-0.15, -0.1) is 0 Å². The Kier molecular flexibility index (Phi) is 4.96. The molecule has 6 heteroatoms. The maximum absolute atomic E-state index is 11.5. The summed E-state index contributed by atoms with van der Waals surface area (Å²) in [5.41, 5.74) is 4.01. The van der Waals surface area contributed by atoms with Gasteiger partial charge in [0.2, 0.25) is 0 Å². The number of anilines is 1. The number of hydrogen-bond acceptors (Lipinski definition) is 4. The highest BCUT2D eigenvalue weighted by Gasteiger charge is 2.43. The van der Waals surface area contributed by atoms with Gasteiger partial charge >= 0.3 is 11.9 Å².